The Morgan fingerprint density at radius 1 is 1.03 bits per heavy atom. The third-order valence-electron chi connectivity index (χ3n) is 4.39. The number of nitrogen functional groups attached to an aromatic ring is 1. The number of nitrogens with one attached hydrogen (secondary N) is 2. The Kier molecular flexibility index (Phi) is 6.33. The molecule has 1 heterocycles. The lowest BCUT2D eigenvalue weighted by atomic mass is 10.1. The summed E-state index contributed by atoms with van der Waals surface area (Å²) in [6.07, 6.45) is 0. The minimum absolute atomic E-state index is 0.00555. The Labute approximate surface area is 180 Å². The van der Waals surface area contributed by atoms with Crippen LogP contribution in [-0.2, 0) is 19.1 Å². The number of nitrogens with two attached hydrogens (primary N) is 1. The highest BCUT2D eigenvalue weighted by Crippen LogP contribution is 2.30. The van der Waals surface area contributed by atoms with Crippen LogP contribution in [0.3, 0.4) is 0 Å². The van der Waals surface area contributed by atoms with Crippen LogP contribution in [0.1, 0.15) is 20.7 Å². The van der Waals surface area contributed by atoms with E-state index in [9.17, 15) is 24.0 Å². The molecule has 12 heteroatoms. The van der Waals surface area contributed by atoms with Gasteiger partial charge in [0.2, 0.25) is 5.43 Å². The molecule has 0 saturated carbocycles. The van der Waals surface area contributed by atoms with Crippen LogP contribution in [0.5, 0.6) is 0 Å². The van der Waals surface area contributed by atoms with E-state index < -0.39 is 41.3 Å². The molecule has 1 aromatic carbocycles. The average Bonchev–Trinajstić information content (AvgIpc) is 2.79. The van der Waals surface area contributed by atoms with E-state index in [0.717, 1.165) is 7.11 Å². The topological polar surface area (TPSA) is 180 Å². The molecule has 0 atom stereocenters. The van der Waals surface area contributed by atoms with Crippen molar-refractivity contribution in [1.82, 2.24) is 15.6 Å². The fourth-order valence-corrected chi connectivity index (χ4v) is 2.81. The molecule has 1 aliphatic carbocycles. The summed E-state index contributed by atoms with van der Waals surface area (Å²) in [4.78, 5) is 64.7. The number of ether oxygens (including phenoxy) is 2. The Bertz CT molecular complexity index is 1270. The first-order chi connectivity index (χ1) is 15.3. The fraction of sp³-hybridized carbons (Fsp3) is 0.200. The van der Waals surface area contributed by atoms with E-state index in [2.05, 4.69) is 25.1 Å². The van der Waals surface area contributed by atoms with Crippen molar-refractivity contribution < 1.29 is 33.1 Å². The number of carbonyl (C=O) groups excluding carboxylic acids is 4. The number of nitrogens with zero attached hydrogens (tertiary/aromatic N) is 1. The number of aromatic nitrogens is 1. The van der Waals surface area contributed by atoms with Gasteiger partial charge >= 0.3 is 11.9 Å². The van der Waals surface area contributed by atoms with E-state index >= 15 is 0 Å². The van der Waals surface area contributed by atoms with E-state index in [1.165, 1.54) is 19.2 Å². The average molecular weight is 442 g/mol. The van der Waals surface area contributed by atoms with Gasteiger partial charge in [-0.05, 0) is 18.2 Å². The predicted octanol–water partition coefficient (Wildman–Crippen LogP) is -0.319. The van der Waals surface area contributed by atoms with E-state index in [-0.39, 0.29) is 40.3 Å². The lowest BCUT2D eigenvalue weighted by molar-refractivity contribution is -0.140. The number of rotatable bonds is 6. The molecular weight excluding hydrogens is 424 g/mol. The van der Waals surface area contributed by atoms with Crippen LogP contribution in [0.25, 0.3) is 22.6 Å². The number of hydrogen-bond acceptors (Lipinski definition) is 10. The van der Waals surface area contributed by atoms with E-state index in [0.29, 0.717) is 0 Å². The van der Waals surface area contributed by atoms with Crippen molar-refractivity contribution in [3.63, 3.8) is 0 Å². The van der Waals surface area contributed by atoms with Gasteiger partial charge in [-0.1, -0.05) is 6.07 Å². The number of amides is 2. The third-order valence-corrected chi connectivity index (χ3v) is 4.39. The second-order valence-corrected chi connectivity index (χ2v) is 6.40. The molecule has 0 unspecified atom stereocenters. The maximum atomic E-state index is 12.6. The van der Waals surface area contributed by atoms with Gasteiger partial charge in [0.25, 0.3) is 11.8 Å². The lowest BCUT2D eigenvalue weighted by Gasteiger charge is -2.13. The summed E-state index contributed by atoms with van der Waals surface area (Å²) >= 11 is 0. The first kappa shape index (κ1) is 22.2. The van der Waals surface area contributed by atoms with Crippen molar-refractivity contribution in [2.45, 2.75) is 0 Å². The van der Waals surface area contributed by atoms with Crippen LogP contribution in [-0.4, -0.2) is 56.0 Å². The zero-order valence-electron chi connectivity index (χ0n) is 17.0. The van der Waals surface area contributed by atoms with Gasteiger partial charge in [0, 0.05) is 0 Å². The molecule has 0 aromatic heterocycles. The van der Waals surface area contributed by atoms with Crippen molar-refractivity contribution >= 4 is 40.5 Å². The van der Waals surface area contributed by atoms with Crippen molar-refractivity contribution in [2.75, 3.05) is 33.0 Å². The lowest BCUT2D eigenvalue weighted by Crippen LogP contribution is -2.34. The molecule has 0 saturated heterocycles. The third kappa shape index (κ3) is 4.33. The number of anilines is 1. The number of para-hydroxylation sites is 1. The summed E-state index contributed by atoms with van der Waals surface area (Å²) < 4.78 is 14.7. The van der Waals surface area contributed by atoms with E-state index in [4.69, 9.17) is 10.2 Å². The SMILES string of the molecule is COC(=O)CNC(=O)c1c2oc3c(C(=O)NCC(=O)OC)cccc3nc-2cc(N)c1=O. The highest BCUT2D eigenvalue weighted by molar-refractivity contribution is 6.06. The number of benzene rings is 2. The highest BCUT2D eigenvalue weighted by Gasteiger charge is 2.26. The van der Waals surface area contributed by atoms with Crippen molar-refractivity contribution in [1.29, 1.82) is 0 Å². The van der Waals surface area contributed by atoms with Crippen LogP contribution in [0, 0.1) is 0 Å². The normalized spacial score (nSPS) is 10.6. The molecule has 2 aliphatic rings. The quantitative estimate of drug-likeness (QED) is 0.260. The molecule has 0 radical (unpaired) electrons. The molecule has 1 aromatic rings. The second-order valence-electron chi connectivity index (χ2n) is 6.40. The molecule has 3 rings (SSSR count). The van der Waals surface area contributed by atoms with Crippen LogP contribution < -0.4 is 21.8 Å². The number of methoxy groups -OCH3 is 2. The van der Waals surface area contributed by atoms with Gasteiger partial charge in [-0.3, -0.25) is 24.0 Å². The number of carbonyl (C=O) groups is 4. The van der Waals surface area contributed by atoms with Crippen LogP contribution >= 0.6 is 0 Å². The predicted molar refractivity (Wildman–Crippen MR) is 110 cm³/mol. The van der Waals surface area contributed by atoms with Gasteiger partial charge in [0.15, 0.2) is 11.3 Å². The monoisotopic (exact) mass is 442 g/mol. The summed E-state index contributed by atoms with van der Waals surface area (Å²) in [5.41, 5.74) is 4.46. The van der Waals surface area contributed by atoms with E-state index in [1.807, 2.05) is 0 Å². The Morgan fingerprint density at radius 2 is 1.66 bits per heavy atom. The van der Waals surface area contributed by atoms with Gasteiger partial charge in [-0.2, -0.15) is 0 Å². The summed E-state index contributed by atoms with van der Waals surface area (Å²) in [5, 5.41) is 4.62. The summed E-state index contributed by atoms with van der Waals surface area (Å²) in [6, 6.07) is 5.74. The standard InChI is InChI=1S/C20H18N4O8/c1-30-13(25)7-22-19(28)9-4-3-5-11-17(9)32-18-12(24-11)6-10(21)16(27)15(18)20(29)23-8-14(26)31-2/h3-6H,7-8,21H2,1-2H3,(H,22,28)(H,23,29). The Balaban J connectivity index is 2.14. The smallest absolute Gasteiger partial charge is 0.325 e. The Morgan fingerprint density at radius 3 is 2.28 bits per heavy atom. The van der Waals surface area contributed by atoms with Crippen molar-refractivity contribution in [2.24, 2.45) is 0 Å². The molecule has 0 fully saturated rings. The molecular formula is C20H18N4O8. The molecule has 12 nitrogen and oxygen atoms in total. The number of hydrogen-bond donors (Lipinski definition) is 3. The van der Waals surface area contributed by atoms with Crippen LogP contribution in [0.4, 0.5) is 5.69 Å². The van der Waals surface area contributed by atoms with Crippen molar-refractivity contribution in [3.05, 3.63) is 45.6 Å². The van der Waals surface area contributed by atoms with E-state index in [1.54, 1.807) is 12.1 Å². The molecule has 1 aliphatic heterocycles. The number of fused-ring (bicyclic) bond motifs is 2. The molecule has 0 spiro atoms. The van der Waals surface area contributed by atoms with Gasteiger partial charge in [0.05, 0.1) is 25.5 Å². The Hall–Kier alpha value is -4.48. The number of esters is 2. The zero-order chi connectivity index (χ0) is 23.4. The van der Waals surface area contributed by atoms with Gasteiger partial charge in [-0.15, -0.1) is 0 Å². The molecule has 0 bridgehead atoms. The van der Waals surface area contributed by atoms with Crippen LogP contribution in [0.2, 0.25) is 0 Å². The largest absolute Gasteiger partial charge is 0.468 e. The van der Waals surface area contributed by atoms with Gasteiger partial charge in [-0.25, -0.2) is 4.98 Å². The minimum Gasteiger partial charge on any atom is -0.468 e. The van der Waals surface area contributed by atoms with Gasteiger partial charge in [0.1, 0.15) is 29.9 Å². The maximum Gasteiger partial charge on any atom is 0.325 e. The molecule has 166 valence electrons. The van der Waals surface area contributed by atoms with Gasteiger partial charge < -0.3 is 30.3 Å². The van der Waals surface area contributed by atoms with Crippen LogP contribution in [0.15, 0.2) is 33.5 Å². The molecule has 4 N–H and O–H groups in total. The maximum absolute atomic E-state index is 12.6. The fourth-order valence-electron chi connectivity index (χ4n) is 2.81. The first-order valence-corrected chi connectivity index (χ1v) is 9.13. The summed E-state index contributed by atoms with van der Waals surface area (Å²) in [5.74, 6) is -3.22. The molecule has 2 amide bonds. The first-order valence-electron chi connectivity index (χ1n) is 9.13. The summed E-state index contributed by atoms with van der Waals surface area (Å²) in [7, 11) is 2.32. The van der Waals surface area contributed by atoms with Crippen molar-refractivity contribution in [3.8, 4) is 11.5 Å². The summed E-state index contributed by atoms with van der Waals surface area (Å²) in [6.45, 7) is -0.873. The zero-order valence-corrected chi connectivity index (χ0v) is 17.0. The molecule has 32 heavy (non-hydrogen) atoms. The second kappa shape index (κ2) is 9.12. The highest BCUT2D eigenvalue weighted by atomic mass is 16.5. The minimum atomic E-state index is -0.935.